The lowest BCUT2D eigenvalue weighted by Gasteiger charge is -2.20. The minimum Gasteiger partial charge on any atom is -0.351 e. The van der Waals surface area contributed by atoms with E-state index in [4.69, 9.17) is 0 Å². The molecular formula is C23H27N7O2. The molecule has 4 heterocycles. The lowest BCUT2D eigenvalue weighted by atomic mass is 10.1. The molecule has 2 fully saturated rings. The molecule has 0 bridgehead atoms. The summed E-state index contributed by atoms with van der Waals surface area (Å²) in [7, 11) is 0. The van der Waals surface area contributed by atoms with E-state index in [2.05, 4.69) is 25.4 Å². The van der Waals surface area contributed by atoms with Gasteiger partial charge in [-0.2, -0.15) is 0 Å². The van der Waals surface area contributed by atoms with Crippen molar-refractivity contribution in [2.45, 2.75) is 39.7 Å². The van der Waals surface area contributed by atoms with Crippen molar-refractivity contribution in [3.05, 3.63) is 47.5 Å². The first-order chi connectivity index (χ1) is 15.4. The smallest absolute Gasteiger partial charge is 0.227 e. The number of nitrogens with zero attached hydrogens (tertiary/aromatic N) is 6. The molecule has 9 nitrogen and oxygen atoms in total. The molecule has 0 unspecified atom stereocenters. The van der Waals surface area contributed by atoms with Crippen molar-refractivity contribution in [1.29, 1.82) is 0 Å². The predicted molar refractivity (Wildman–Crippen MR) is 121 cm³/mol. The molecule has 1 aromatic carbocycles. The number of amides is 2. The third-order valence-corrected chi connectivity index (χ3v) is 6.61. The number of aryl methyl sites for hydroxylation is 3. The highest BCUT2D eigenvalue weighted by atomic mass is 16.2. The molecule has 0 aliphatic carbocycles. The molecule has 5 rings (SSSR count). The molecule has 2 saturated heterocycles. The van der Waals surface area contributed by atoms with Crippen molar-refractivity contribution in [3.8, 4) is 0 Å². The van der Waals surface area contributed by atoms with Crippen LogP contribution in [0.3, 0.4) is 0 Å². The van der Waals surface area contributed by atoms with Crippen LogP contribution in [-0.2, 0) is 9.59 Å². The molecule has 0 saturated carbocycles. The number of hydrogen-bond donors (Lipinski definition) is 1. The van der Waals surface area contributed by atoms with Gasteiger partial charge < -0.3 is 15.1 Å². The third kappa shape index (κ3) is 3.57. The fourth-order valence-corrected chi connectivity index (χ4v) is 4.57. The highest BCUT2D eigenvalue weighted by Crippen LogP contribution is 2.28. The Morgan fingerprint density at radius 2 is 1.97 bits per heavy atom. The van der Waals surface area contributed by atoms with E-state index in [1.807, 2.05) is 49.6 Å². The van der Waals surface area contributed by atoms with E-state index < -0.39 is 0 Å². The summed E-state index contributed by atoms with van der Waals surface area (Å²) in [5, 5.41) is 11.5. The fraction of sp³-hybridized carbons (Fsp3) is 0.435. The quantitative estimate of drug-likeness (QED) is 0.674. The largest absolute Gasteiger partial charge is 0.351 e. The second-order valence-corrected chi connectivity index (χ2v) is 8.81. The van der Waals surface area contributed by atoms with Gasteiger partial charge in [0.2, 0.25) is 17.5 Å². The van der Waals surface area contributed by atoms with Crippen LogP contribution in [0.2, 0.25) is 0 Å². The summed E-state index contributed by atoms with van der Waals surface area (Å²) < 4.78 is 1.92. The third-order valence-electron chi connectivity index (χ3n) is 6.61. The molecule has 2 aromatic heterocycles. The second-order valence-electron chi connectivity index (χ2n) is 8.81. The highest BCUT2D eigenvalue weighted by Gasteiger charge is 2.37. The first-order valence-corrected chi connectivity index (χ1v) is 11.0. The number of hydrogen-bond acceptors (Lipinski definition) is 6. The van der Waals surface area contributed by atoms with Crippen LogP contribution in [-0.4, -0.2) is 57.1 Å². The minimum absolute atomic E-state index is 0.000457. The van der Waals surface area contributed by atoms with Crippen molar-refractivity contribution in [3.63, 3.8) is 0 Å². The van der Waals surface area contributed by atoms with Gasteiger partial charge in [0.25, 0.3) is 0 Å². The highest BCUT2D eigenvalue weighted by molar-refractivity contribution is 6.00. The summed E-state index contributed by atoms with van der Waals surface area (Å²) in [6, 6.07) is 6.00. The summed E-state index contributed by atoms with van der Waals surface area (Å²) in [6.07, 6.45) is 4.66. The Bertz CT molecular complexity index is 1200. The standard InChI is InChI=1S/C23H27N7O2/c1-14-4-5-19(10-15(14)2)30-12-17(11-20(30)31)23(32)25-18-6-8-28(13-18)21-22-27-26-16(3)29(22)9-7-24-21/h4-5,7,9-10,17-18H,6,8,11-13H2,1-3H3,(H,25,32)/t17-,18-/m1/s1. The first-order valence-electron chi connectivity index (χ1n) is 11.0. The Labute approximate surface area is 186 Å². The van der Waals surface area contributed by atoms with Gasteiger partial charge in [0.05, 0.1) is 5.92 Å². The maximum absolute atomic E-state index is 13.0. The lowest BCUT2D eigenvalue weighted by Crippen LogP contribution is -2.41. The molecule has 2 aliphatic heterocycles. The van der Waals surface area contributed by atoms with Crippen LogP contribution in [0.1, 0.15) is 29.8 Å². The van der Waals surface area contributed by atoms with Crippen LogP contribution in [0.4, 0.5) is 11.5 Å². The number of aromatic nitrogens is 4. The SMILES string of the molecule is Cc1ccc(N2C[C@H](C(=O)N[C@@H]3CCN(c4nccn5c(C)nnc45)C3)CC2=O)cc1C. The number of rotatable bonds is 4. The molecule has 1 N–H and O–H groups in total. The van der Waals surface area contributed by atoms with Gasteiger partial charge in [-0.15, -0.1) is 10.2 Å². The van der Waals surface area contributed by atoms with Crippen molar-refractivity contribution in [2.75, 3.05) is 29.4 Å². The molecule has 2 aliphatic rings. The van der Waals surface area contributed by atoms with Gasteiger partial charge in [0, 0.05) is 50.2 Å². The molecule has 9 heteroatoms. The summed E-state index contributed by atoms with van der Waals surface area (Å²) in [4.78, 5) is 33.9. The fourth-order valence-electron chi connectivity index (χ4n) is 4.57. The van der Waals surface area contributed by atoms with Gasteiger partial charge >= 0.3 is 0 Å². The zero-order valence-electron chi connectivity index (χ0n) is 18.6. The van der Waals surface area contributed by atoms with Gasteiger partial charge in [-0.1, -0.05) is 6.07 Å². The van der Waals surface area contributed by atoms with Crippen molar-refractivity contribution in [2.24, 2.45) is 5.92 Å². The Kier molecular flexibility index (Phi) is 5.03. The van der Waals surface area contributed by atoms with E-state index in [0.717, 1.165) is 41.5 Å². The van der Waals surface area contributed by atoms with Crippen molar-refractivity contribution in [1.82, 2.24) is 24.9 Å². The van der Waals surface area contributed by atoms with Gasteiger partial charge in [-0.25, -0.2) is 4.98 Å². The number of benzene rings is 1. The van der Waals surface area contributed by atoms with E-state index in [1.54, 1.807) is 11.1 Å². The van der Waals surface area contributed by atoms with E-state index in [9.17, 15) is 9.59 Å². The molecule has 0 spiro atoms. The van der Waals surface area contributed by atoms with Crippen LogP contribution in [0.15, 0.2) is 30.6 Å². The maximum atomic E-state index is 13.0. The molecule has 2 atom stereocenters. The molecule has 166 valence electrons. The van der Waals surface area contributed by atoms with E-state index in [0.29, 0.717) is 13.1 Å². The number of carbonyl (C=O) groups excluding carboxylic acids is 2. The van der Waals surface area contributed by atoms with Gasteiger partial charge in [-0.3, -0.25) is 14.0 Å². The van der Waals surface area contributed by atoms with E-state index in [1.165, 1.54) is 5.56 Å². The summed E-state index contributed by atoms with van der Waals surface area (Å²) in [5.74, 6) is 1.20. The monoisotopic (exact) mass is 433 g/mol. The van der Waals surface area contributed by atoms with Crippen LogP contribution in [0, 0.1) is 26.7 Å². The number of carbonyl (C=O) groups is 2. The average Bonchev–Trinajstić information content (AvgIpc) is 3.49. The summed E-state index contributed by atoms with van der Waals surface area (Å²) in [5.41, 5.74) is 3.92. The summed E-state index contributed by atoms with van der Waals surface area (Å²) >= 11 is 0. The Balaban J connectivity index is 1.23. The molecule has 0 radical (unpaired) electrons. The lowest BCUT2D eigenvalue weighted by molar-refractivity contribution is -0.126. The van der Waals surface area contributed by atoms with Crippen LogP contribution in [0.25, 0.3) is 5.65 Å². The molecule has 32 heavy (non-hydrogen) atoms. The van der Waals surface area contributed by atoms with Gasteiger partial charge in [-0.05, 0) is 50.5 Å². The zero-order valence-corrected chi connectivity index (χ0v) is 18.6. The number of fused-ring (bicyclic) bond motifs is 1. The van der Waals surface area contributed by atoms with Crippen molar-refractivity contribution < 1.29 is 9.59 Å². The molecular weight excluding hydrogens is 406 g/mol. The Morgan fingerprint density at radius 1 is 1.12 bits per heavy atom. The van der Waals surface area contributed by atoms with Crippen LogP contribution >= 0.6 is 0 Å². The van der Waals surface area contributed by atoms with Crippen molar-refractivity contribution >= 4 is 29.0 Å². The molecule has 2 amide bonds. The maximum Gasteiger partial charge on any atom is 0.227 e. The molecule has 3 aromatic rings. The zero-order chi connectivity index (χ0) is 22.4. The van der Waals surface area contributed by atoms with E-state index in [-0.39, 0.29) is 30.2 Å². The Hall–Kier alpha value is -3.49. The van der Waals surface area contributed by atoms with Crippen LogP contribution in [0.5, 0.6) is 0 Å². The first kappa shape index (κ1) is 20.4. The average molecular weight is 434 g/mol. The summed E-state index contributed by atoms with van der Waals surface area (Å²) in [6.45, 7) is 7.84. The van der Waals surface area contributed by atoms with E-state index >= 15 is 0 Å². The van der Waals surface area contributed by atoms with Gasteiger partial charge in [0.15, 0.2) is 5.82 Å². The van der Waals surface area contributed by atoms with Gasteiger partial charge in [0.1, 0.15) is 5.82 Å². The minimum atomic E-state index is -0.334. The normalized spacial score (nSPS) is 21.0. The Morgan fingerprint density at radius 3 is 2.78 bits per heavy atom. The van der Waals surface area contributed by atoms with Crippen LogP contribution < -0.4 is 15.1 Å². The number of anilines is 2. The number of nitrogens with one attached hydrogen (secondary N) is 1. The topological polar surface area (TPSA) is 95.7 Å². The second kappa shape index (κ2) is 7.89. The predicted octanol–water partition coefficient (Wildman–Crippen LogP) is 1.80.